The molecule has 0 spiro atoms. The highest BCUT2D eigenvalue weighted by Crippen LogP contribution is 2.31. The molecular formula is C20H17FN6O2. The Morgan fingerprint density at radius 2 is 2.21 bits per heavy atom. The van der Waals surface area contributed by atoms with Gasteiger partial charge in [0.2, 0.25) is 5.95 Å². The Hall–Kier alpha value is -3.75. The number of rotatable bonds is 4. The van der Waals surface area contributed by atoms with Crippen molar-refractivity contribution >= 4 is 11.6 Å². The van der Waals surface area contributed by atoms with Gasteiger partial charge in [0.05, 0.1) is 17.7 Å². The molecule has 146 valence electrons. The average molecular weight is 392 g/mol. The first-order valence-electron chi connectivity index (χ1n) is 9.18. The third-order valence-electron chi connectivity index (χ3n) is 5.19. The van der Waals surface area contributed by atoms with E-state index >= 15 is 0 Å². The number of hydrogen-bond acceptors (Lipinski definition) is 6. The number of nitrogens with one attached hydrogen (secondary N) is 1. The molecule has 29 heavy (non-hydrogen) atoms. The summed E-state index contributed by atoms with van der Waals surface area (Å²) in [6.45, 7) is 2.55. The van der Waals surface area contributed by atoms with Crippen LogP contribution in [0.2, 0.25) is 0 Å². The lowest BCUT2D eigenvalue weighted by Gasteiger charge is -2.13. The van der Waals surface area contributed by atoms with Gasteiger partial charge in [0.25, 0.3) is 0 Å². The van der Waals surface area contributed by atoms with Crippen LogP contribution in [0.3, 0.4) is 0 Å². The van der Waals surface area contributed by atoms with Crippen LogP contribution in [0.5, 0.6) is 5.75 Å². The van der Waals surface area contributed by atoms with E-state index in [4.69, 9.17) is 4.74 Å². The molecule has 1 aliphatic rings. The van der Waals surface area contributed by atoms with E-state index in [0.29, 0.717) is 41.4 Å². The van der Waals surface area contributed by atoms with Gasteiger partial charge in [-0.25, -0.2) is 9.37 Å². The second-order valence-electron chi connectivity index (χ2n) is 6.81. The lowest BCUT2D eigenvalue weighted by atomic mass is 10.0. The summed E-state index contributed by atoms with van der Waals surface area (Å²) in [7, 11) is 0. The predicted octanol–water partition coefficient (Wildman–Crippen LogP) is 2.42. The lowest BCUT2D eigenvalue weighted by Crippen LogP contribution is -2.29. The third kappa shape index (κ3) is 2.82. The van der Waals surface area contributed by atoms with Gasteiger partial charge in [-0.05, 0) is 18.2 Å². The number of nitrogens with zero attached hydrogens (tertiary/aromatic N) is 5. The maximum absolute atomic E-state index is 14.4. The number of aromatic nitrogens is 5. The van der Waals surface area contributed by atoms with Crippen LogP contribution >= 0.6 is 0 Å². The molecule has 8 nitrogen and oxygen atoms in total. The smallest absolute Gasteiger partial charge is 0.210 e. The van der Waals surface area contributed by atoms with Gasteiger partial charge in [0.1, 0.15) is 17.9 Å². The fraction of sp³-hybridized carbons (Fsp3) is 0.200. The molecule has 0 saturated carbocycles. The van der Waals surface area contributed by atoms with Crippen LogP contribution in [0.25, 0.3) is 16.8 Å². The summed E-state index contributed by atoms with van der Waals surface area (Å²) in [6, 6.07) is 6.60. The van der Waals surface area contributed by atoms with Gasteiger partial charge in [-0.2, -0.15) is 4.73 Å². The van der Waals surface area contributed by atoms with Gasteiger partial charge in [0, 0.05) is 43.3 Å². The van der Waals surface area contributed by atoms with E-state index in [-0.39, 0.29) is 12.4 Å². The molecule has 0 atom stereocenters. The minimum atomic E-state index is -0.279. The Labute approximate surface area is 165 Å². The zero-order chi connectivity index (χ0) is 20.0. The second kappa shape index (κ2) is 6.69. The maximum Gasteiger partial charge on any atom is 0.210 e. The summed E-state index contributed by atoms with van der Waals surface area (Å²) in [5, 5.41) is 23.3. The number of anilines is 1. The van der Waals surface area contributed by atoms with Crippen LogP contribution in [0.4, 0.5) is 10.3 Å². The highest BCUT2D eigenvalue weighted by Gasteiger charge is 2.20. The van der Waals surface area contributed by atoms with Crippen LogP contribution in [0.15, 0.2) is 43.0 Å². The molecular weight excluding hydrogens is 375 g/mol. The number of pyridine rings is 1. The van der Waals surface area contributed by atoms with Crippen molar-refractivity contribution in [3.05, 3.63) is 70.8 Å². The molecule has 0 amide bonds. The molecule has 9 heteroatoms. The molecule has 0 radical (unpaired) electrons. The van der Waals surface area contributed by atoms with Crippen molar-refractivity contribution < 1.29 is 13.9 Å². The highest BCUT2D eigenvalue weighted by molar-refractivity contribution is 5.78. The third-order valence-corrected chi connectivity index (χ3v) is 5.19. The van der Waals surface area contributed by atoms with Crippen molar-refractivity contribution in [1.82, 2.24) is 19.6 Å². The maximum atomic E-state index is 14.4. The fourth-order valence-corrected chi connectivity index (χ4v) is 3.67. The monoisotopic (exact) mass is 392 g/mol. The van der Waals surface area contributed by atoms with Crippen LogP contribution in [0.1, 0.15) is 16.8 Å². The molecule has 4 aromatic rings. The van der Waals surface area contributed by atoms with Crippen molar-refractivity contribution in [3.8, 4) is 16.9 Å². The summed E-state index contributed by atoms with van der Waals surface area (Å²) in [5.74, 6) is 0.929. The summed E-state index contributed by atoms with van der Waals surface area (Å²) >= 11 is 0. The Morgan fingerprint density at radius 1 is 1.31 bits per heavy atom. The molecule has 3 aromatic heterocycles. The van der Waals surface area contributed by atoms with Crippen LogP contribution in [-0.2, 0) is 13.0 Å². The highest BCUT2D eigenvalue weighted by atomic mass is 19.1. The molecule has 4 heterocycles. The largest absolute Gasteiger partial charge is 0.618 e. The van der Waals surface area contributed by atoms with E-state index in [0.717, 1.165) is 21.6 Å². The standard InChI is InChI=1S/C20H17FN6O2/c1-12-13(3-2-7-27(12)28)16-10-23-20(26-11-24-25-19(16)26)22-9-15-14-6-8-29-18(14)5-4-17(15)21/h2-5,7,10-11H,6,8-9H2,1H3,(H,22,23). The molecule has 0 fully saturated rings. The molecule has 0 unspecified atom stereocenters. The zero-order valence-corrected chi connectivity index (χ0v) is 15.6. The minimum Gasteiger partial charge on any atom is -0.618 e. The predicted molar refractivity (Wildman–Crippen MR) is 103 cm³/mol. The molecule has 0 aliphatic carbocycles. The van der Waals surface area contributed by atoms with E-state index in [1.165, 1.54) is 18.6 Å². The van der Waals surface area contributed by atoms with Crippen molar-refractivity contribution in [2.75, 3.05) is 11.9 Å². The minimum absolute atomic E-state index is 0.253. The van der Waals surface area contributed by atoms with E-state index in [2.05, 4.69) is 20.5 Å². The van der Waals surface area contributed by atoms with Gasteiger partial charge >= 0.3 is 0 Å². The van der Waals surface area contributed by atoms with E-state index in [9.17, 15) is 9.60 Å². The first-order valence-corrected chi connectivity index (χ1v) is 9.18. The fourth-order valence-electron chi connectivity index (χ4n) is 3.67. The van der Waals surface area contributed by atoms with E-state index in [1.807, 2.05) is 6.07 Å². The topological polar surface area (TPSA) is 91.3 Å². The summed E-state index contributed by atoms with van der Waals surface area (Å²) < 4.78 is 22.4. The van der Waals surface area contributed by atoms with Crippen molar-refractivity contribution in [2.45, 2.75) is 19.9 Å². The molecule has 1 aromatic carbocycles. The van der Waals surface area contributed by atoms with Crippen LogP contribution in [-0.4, -0.2) is 26.2 Å². The van der Waals surface area contributed by atoms with E-state index < -0.39 is 0 Å². The zero-order valence-electron chi connectivity index (χ0n) is 15.6. The Kier molecular flexibility index (Phi) is 4.01. The van der Waals surface area contributed by atoms with Gasteiger partial charge in [-0.15, -0.1) is 10.2 Å². The summed E-state index contributed by atoms with van der Waals surface area (Å²) in [4.78, 5) is 4.47. The van der Waals surface area contributed by atoms with Gasteiger partial charge in [-0.3, -0.25) is 4.40 Å². The number of ether oxygens (including phenoxy) is 1. The van der Waals surface area contributed by atoms with Crippen molar-refractivity contribution in [2.24, 2.45) is 0 Å². The quantitative estimate of drug-likeness (QED) is 0.424. The van der Waals surface area contributed by atoms with Gasteiger partial charge in [0.15, 0.2) is 17.5 Å². The molecule has 0 bridgehead atoms. The number of benzene rings is 1. The Morgan fingerprint density at radius 3 is 3.10 bits per heavy atom. The van der Waals surface area contributed by atoms with Crippen molar-refractivity contribution in [3.63, 3.8) is 0 Å². The second-order valence-corrected chi connectivity index (χ2v) is 6.81. The van der Waals surface area contributed by atoms with Gasteiger partial charge in [-0.1, -0.05) is 0 Å². The van der Waals surface area contributed by atoms with E-state index in [1.54, 1.807) is 29.7 Å². The van der Waals surface area contributed by atoms with Crippen LogP contribution < -0.4 is 14.8 Å². The normalized spacial score (nSPS) is 12.8. The number of fused-ring (bicyclic) bond motifs is 2. The first kappa shape index (κ1) is 17.4. The Balaban J connectivity index is 1.52. The number of hydrogen-bond donors (Lipinski definition) is 1. The Bertz CT molecular complexity index is 1240. The molecule has 5 rings (SSSR count). The van der Waals surface area contributed by atoms with Crippen LogP contribution in [0, 0.1) is 17.9 Å². The molecule has 1 aliphatic heterocycles. The lowest BCUT2D eigenvalue weighted by molar-refractivity contribution is -0.611. The average Bonchev–Trinajstić information content (AvgIpc) is 3.39. The summed E-state index contributed by atoms with van der Waals surface area (Å²) in [5.41, 5.74) is 3.97. The van der Waals surface area contributed by atoms with Crippen molar-refractivity contribution in [1.29, 1.82) is 0 Å². The number of halogens is 1. The van der Waals surface area contributed by atoms with Gasteiger partial charge < -0.3 is 15.3 Å². The molecule has 0 saturated heterocycles. The first-order chi connectivity index (χ1) is 14.1. The summed E-state index contributed by atoms with van der Waals surface area (Å²) in [6.07, 6.45) is 5.30. The molecule has 1 N–H and O–H groups in total. The SMILES string of the molecule is Cc1c(-c2cnc(NCc3c(F)ccc4c3CCO4)n3cnnc23)ccc[n+]1[O-].